The molecule has 18 heavy (non-hydrogen) atoms. The molecule has 0 aliphatic carbocycles. The molecule has 1 aliphatic heterocycles. The van der Waals surface area contributed by atoms with E-state index in [0.29, 0.717) is 11.8 Å². The Morgan fingerprint density at radius 3 is 2.33 bits per heavy atom. The summed E-state index contributed by atoms with van der Waals surface area (Å²) in [6, 6.07) is 9.20. The third kappa shape index (κ3) is 3.56. The van der Waals surface area contributed by atoms with E-state index < -0.39 is 0 Å². The lowest BCUT2D eigenvalue weighted by Gasteiger charge is -2.27. The van der Waals surface area contributed by atoms with Gasteiger partial charge in [0.25, 0.3) is 0 Å². The lowest BCUT2D eigenvalue weighted by Crippen LogP contribution is -2.36. The summed E-state index contributed by atoms with van der Waals surface area (Å²) in [5, 5.41) is 0. The van der Waals surface area contributed by atoms with Gasteiger partial charge in [0.2, 0.25) is 0 Å². The quantitative estimate of drug-likeness (QED) is 0.887. The fourth-order valence-electron chi connectivity index (χ4n) is 2.62. The molecule has 1 heterocycles. The Balaban J connectivity index is 1.91. The maximum absolute atomic E-state index is 6.32. The van der Waals surface area contributed by atoms with Gasteiger partial charge in [0.15, 0.2) is 0 Å². The molecule has 1 saturated heterocycles. The molecule has 1 aliphatic rings. The number of ether oxygens (including phenoxy) is 1. The minimum Gasteiger partial charge on any atom is -0.381 e. The van der Waals surface area contributed by atoms with Gasteiger partial charge in [0, 0.05) is 19.3 Å². The van der Waals surface area contributed by atoms with Gasteiger partial charge < -0.3 is 10.5 Å². The Hall–Kier alpha value is -0.860. The first-order valence-corrected chi connectivity index (χ1v) is 7.09. The molecule has 1 atom stereocenters. The third-order valence-electron chi connectivity index (χ3n) is 3.99. The Kier molecular flexibility index (Phi) is 4.79. The zero-order valence-corrected chi connectivity index (χ0v) is 11.6. The first kappa shape index (κ1) is 13.6. The van der Waals surface area contributed by atoms with Crippen molar-refractivity contribution in [2.75, 3.05) is 13.2 Å². The summed E-state index contributed by atoms with van der Waals surface area (Å²) in [5.41, 5.74) is 9.08. The summed E-state index contributed by atoms with van der Waals surface area (Å²) >= 11 is 0. The average molecular weight is 247 g/mol. The number of rotatable bonds is 4. The van der Waals surface area contributed by atoms with Crippen LogP contribution in [0.3, 0.4) is 0 Å². The molecule has 2 heteroatoms. The van der Waals surface area contributed by atoms with Gasteiger partial charge >= 0.3 is 0 Å². The van der Waals surface area contributed by atoms with Crippen LogP contribution in [0.1, 0.15) is 43.7 Å². The first-order chi connectivity index (χ1) is 8.66. The molecule has 1 aromatic carbocycles. The molecule has 0 spiro atoms. The van der Waals surface area contributed by atoms with E-state index in [-0.39, 0.29) is 6.04 Å². The van der Waals surface area contributed by atoms with Crippen LogP contribution in [0.25, 0.3) is 0 Å². The molecule has 0 bridgehead atoms. The summed E-state index contributed by atoms with van der Waals surface area (Å²) in [6.45, 7) is 6.21. The summed E-state index contributed by atoms with van der Waals surface area (Å²) in [5.74, 6) is 1.23. The molecule has 0 saturated carbocycles. The van der Waals surface area contributed by atoms with Crippen molar-refractivity contribution in [1.29, 1.82) is 0 Å². The topological polar surface area (TPSA) is 35.2 Å². The van der Waals surface area contributed by atoms with Gasteiger partial charge in [-0.1, -0.05) is 38.1 Å². The lowest BCUT2D eigenvalue weighted by molar-refractivity contribution is 0.0585. The van der Waals surface area contributed by atoms with Crippen LogP contribution in [-0.4, -0.2) is 19.3 Å². The molecular weight excluding hydrogens is 222 g/mol. The van der Waals surface area contributed by atoms with Crippen LogP contribution in [0.15, 0.2) is 24.3 Å². The summed E-state index contributed by atoms with van der Waals surface area (Å²) in [4.78, 5) is 0. The molecule has 2 rings (SSSR count). The predicted octanol–water partition coefficient (Wildman–Crippen LogP) is 3.11. The fourth-order valence-corrected chi connectivity index (χ4v) is 2.62. The molecule has 1 fully saturated rings. The lowest BCUT2D eigenvalue weighted by atomic mass is 9.88. The second kappa shape index (κ2) is 6.35. The van der Waals surface area contributed by atoms with Gasteiger partial charge in [-0.2, -0.15) is 0 Å². The fraction of sp³-hybridized carbons (Fsp3) is 0.625. The van der Waals surface area contributed by atoms with E-state index in [1.54, 1.807) is 0 Å². The number of benzene rings is 1. The van der Waals surface area contributed by atoms with Crippen molar-refractivity contribution in [3.63, 3.8) is 0 Å². The van der Waals surface area contributed by atoms with Crippen molar-refractivity contribution in [3.05, 3.63) is 35.4 Å². The van der Waals surface area contributed by atoms with Crippen LogP contribution < -0.4 is 5.73 Å². The molecule has 0 aromatic heterocycles. The second-order valence-corrected chi connectivity index (χ2v) is 5.71. The van der Waals surface area contributed by atoms with Crippen LogP contribution >= 0.6 is 0 Å². The van der Waals surface area contributed by atoms with E-state index in [1.165, 1.54) is 11.1 Å². The summed E-state index contributed by atoms with van der Waals surface area (Å²) < 4.78 is 5.39. The highest BCUT2D eigenvalue weighted by Gasteiger charge is 2.20. The van der Waals surface area contributed by atoms with Crippen LogP contribution in [0.4, 0.5) is 0 Å². The zero-order chi connectivity index (χ0) is 13.0. The van der Waals surface area contributed by atoms with E-state index in [0.717, 1.165) is 32.5 Å². The Morgan fingerprint density at radius 1 is 1.17 bits per heavy atom. The first-order valence-electron chi connectivity index (χ1n) is 7.09. The molecule has 100 valence electrons. The van der Waals surface area contributed by atoms with Crippen LogP contribution in [0.5, 0.6) is 0 Å². The predicted molar refractivity (Wildman–Crippen MR) is 75.8 cm³/mol. The molecule has 1 aromatic rings. The van der Waals surface area contributed by atoms with Crippen molar-refractivity contribution in [3.8, 4) is 0 Å². The van der Waals surface area contributed by atoms with E-state index >= 15 is 0 Å². The minimum atomic E-state index is 0.277. The second-order valence-electron chi connectivity index (χ2n) is 5.71. The largest absolute Gasteiger partial charge is 0.381 e. The van der Waals surface area contributed by atoms with Crippen molar-refractivity contribution >= 4 is 0 Å². The van der Waals surface area contributed by atoms with Crippen molar-refractivity contribution in [2.45, 2.75) is 45.1 Å². The highest BCUT2D eigenvalue weighted by atomic mass is 16.5. The van der Waals surface area contributed by atoms with E-state index in [2.05, 4.69) is 38.1 Å². The molecule has 0 amide bonds. The number of nitrogens with two attached hydrogens (primary N) is 1. The molecule has 2 N–H and O–H groups in total. The van der Waals surface area contributed by atoms with Crippen molar-refractivity contribution < 1.29 is 4.74 Å². The van der Waals surface area contributed by atoms with Gasteiger partial charge in [-0.3, -0.25) is 0 Å². The van der Waals surface area contributed by atoms with Gasteiger partial charge in [-0.05, 0) is 42.2 Å². The van der Waals surface area contributed by atoms with Gasteiger partial charge in [-0.15, -0.1) is 0 Å². The van der Waals surface area contributed by atoms with Crippen molar-refractivity contribution in [2.24, 2.45) is 11.7 Å². The third-order valence-corrected chi connectivity index (χ3v) is 3.99. The average Bonchev–Trinajstić information content (AvgIpc) is 2.40. The summed E-state index contributed by atoms with van der Waals surface area (Å²) in [7, 11) is 0. The standard InChI is InChI=1S/C16H25NO/c1-12(2)14-5-3-13(4-6-14)11-16(17)15-7-9-18-10-8-15/h3-6,12,15-16H,7-11,17H2,1-2H3. The SMILES string of the molecule is CC(C)c1ccc(CC(N)C2CCOCC2)cc1. The molecule has 0 radical (unpaired) electrons. The van der Waals surface area contributed by atoms with Gasteiger partial charge in [0.05, 0.1) is 0 Å². The monoisotopic (exact) mass is 247 g/mol. The van der Waals surface area contributed by atoms with E-state index in [1.807, 2.05) is 0 Å². The molecule has 1 unspecified atom stereocenters. The molecule has 2 nitrogen and oxygen atoms in total. The zero-order valence-electron chi connectivity index (χ0n) is 11.6. The summed E-state index contributed by atoms with van der Waals surface area (Å²) in [6.07, 6.45) is 3.22. The number of hydrogen-bond acceptors (Lipinski definition) is 2. The minimum absolute atomic E-state index is 0.277. The van der Waals surface area contributed by atoms with Crippen LogP contribution in [0.2, 0.25) is 0 Å². The normalized spacial score (nSPS) is 19.1. The number of hydrogen-bond donors (Lipinski definition) is 1. The van der Waals surface area contributed by atoms with Crippen LogP contribution in [-0.2, 0) is 11.2 Å². The van der Waals surface area contributed by atoms with Gasteiger partial charge in [-0.25, -0.2) is 0 Å². The highest BCUT2D eigenvalue weighted by molar-refractivity contribution is 5.25. The van der Waals surface area contributed by atoms with E-state index in [9.17, 15) is 0 Å². The smallest absolute Gasteiger partial charge is 0.0469 e. The highest BCUT2D eigenvalue weighted by Crippen LogP contribution is 2.21. The maximum atomic E-state index is 6.32. The Morgan fingerprint density at radius 2 is 1.78 bits per heavy atom. The van der Waals surface area contributed by atoms with Crippen molar-refractivity contribution in [1.82, 2.24) is 0 Å². The van der Waals surface area contributed by atoms with Gasteiger partial charge in [0.1, 0.15) is 0 Å². The Labute approximate surface area is 111 Å². The molecular formula is C16H25NO. The Bertz CT molecular complexity index is 352. The van der Waals surface area contributed by atoms with E-state index in [4.69, 9.17) is 10.5 Å². The van der Waals surface area contributed by atoms with Crippen LogP contribution in [0, 0.1) is 5.92 Å². The maximum Gasteiger partial charge on any atom is 0.0469 e.